The number of nitrogens with one attached hydrogen (secondary N) is 1. The highest BCUT2D eigenvalue weighted by Gasteiger charge is 2.04. The minimum Gasteiger partial charge on any atom is -0.384 e. The molecule has 0 aliphatic rings. The Bertz CT molecular complexity index is 555. The second kappa shape index (κ2) is 6.07. The van der Waals surface area contributed by atoms with Crippen LogP contribution in [0.1, 0.15) is 11.1 Å². The average molecular weight is 321 g/mol. The zero-order valence-electron chi connectivity index (χ0n) is 9.69. The van der Waals surface area contributed by atoms with Crippen LogP contribution in [0.25, 0.3) is 0 Å². The van der Waals surface area contributed by atoms with E-state index in [1.165, 1.54) is 5.56 Å². The van der Waals surface area contributed by atoms with E-state index in [9.17, 15) is 0 Å². The molecule has 0 unspecified atom stereocenters. The van der Waals surface area contributed by atoms with Gasteiger partial charge in [-0.25, -0.2) is 0 Å². The van der Waals surface area contributed by atoms with Gasteiger partial charge in [0.15, 0.2) is 0 Å². The number of hydrogen-bond donors (Lipinski definition) is 2. The molecule has 92 valence electrons. The van der Waals surface area contributed by atoms with Crippen LogP contribution in [0.5, 0.6) is 0 Å². The van der Waals surface area contributed by atoms with Crippen LogP contribution in [0.15, 0.2) is 57.9 Å². The molecule has 18 heavy (non-hydrogen) atoms. The summed E-state index contributed by atoms with van der Waals surface area (Å²) in [7, 11) is 0. The first-order chi connectivity index (χ1) is 8.66. The van der Waals surface area contributed by atoms with Crippen molar-refractivity contribution in [1.82, 2.24) is 0 Å². The Hall–Kier alpha value is -1.26. The summed E-state index contributed by atoms with van der Waals surface area (Å²) >= 11 is 5.28. The summed E-state index contributed by atoms with van der Waals surface area (Å²) in [6, 6.07) is 16.1. The fourth-order valence-electron chi connectivity index (χ4n) is 1.52. The van der Waals surface area contributed by atoms with Crippen molar-refractivity contribution in [2.45, 2.75) is 10.6 Å². The quantitative estimate of drug-likeness (QED) is 0.507. The summed E-state index contributed by atoms with van der Waals surface area (Å²) in [5.74, 6) is 1.02. The molecule has 0 bridgehead atoms. The van der Waals surface area contributed by atoms with Gasteiger partial charge in [0.2, 0.25) is 0 Å². The predicted molar refractivity (Wildman–Crippen MR) is 81.2 cm³/mol. The minimum absolute atomic E-state index is 0.0929. The van der Waals surface area contributed by atoms with Crippen molar-refractivity contribution in [1.29, 1.82) is 5.41 Å². The molecule has 0 saturated heterocycles. The standard InChI is InChI=1S/C14H13BrN2S/c15-12-8-11(14(16)17)6-7-13(12)18-9-10-4-2-1-3-5-10/h1-8H,9H2,(H3,16,17). The zero-order chi connectivity index (χ0) is 13.0. The molecule has 0 atom stereocenters. The van der Waals surface area contributed by atoms with Crippen LogP contribution in [0.4, 0.5) is 0 Å². The fraction of sp³-hybridized carbons (Fsp3) is 0.0714. The predicted octanol–water partition coefficient (Wildman–Crippen LogP) is 4.03. The van der Waals surface area contributed by atoms with Gasteiger partial charge in [-0.1, -0.05) is 36.4 Å². The van der Waals surface area contributed by atoms with Crippen LogP contribution in [0, 0.1) is 5.41 Å². The van der Waals surface area contributed by atoms with Crippen LogP contribution in [-0.2, 0) is 5.75 Å². The van der Waals surface area contributed by atoms with Crippen molar-refractivity contribution in [2.75, 3.05) is 0 Å². The van der Waals surface area contributed by atoms with E-state index in [1.54, 1.807) is 11.8 Å². The van der Waals surface area contributed by atoms with Crippen molar-refractivity contribution >= 4 is 33.5 Å². The molecule has 0 saturated carbocycles. The average Bonchev–Trinajstić information content (AvgIpc) is 2.38. The van der Waals surface area contributed by atoms with Gasteiger partial charge in [-0.2, -0.15) is 0 Å². The molecule has 3 N–H and O–H groups in total. The topological polar surface area (TPSA) is 49.9 Å². The van der Waals surface area contributed by atoms with Gasteiger partial charge in [0, 0.05) is 20.7 Å². The molecular formula is C14H13BrN2S. The van der Waals surface area contributed by atoms with Crippen LogP contribution in [-0.4, -0.2) is 5.84 Å². The van der Waals surface area contributed by atoms with E-state index in [0.717, 1.165) is 20.7 Å². The first-order valence-corrected chi connectivity index (χ1v) is 7.25. The highest BCUT2D eigenvalue weighted by Crippen LogP contribution is 2.30. The first kappa shape index (κ1) is 13.2. The third-order valence-electron chi connectivity index (χ3n) is 2.48. The molecule has 0 aliphatic heterocycles. The third kappa shape index (κ3) is 3.37. The lowest BCUT2D eigenvalue weighted by molar-refractivity contribution is 1.33. The van der Waals surface area contributed by atoms with Gasteiger partial charge in [0.25, 0.3) is 0 Å². The lowest BCUT2D eigenvalue weighted by Gasteiger charge is -2.06. The highest BCUT2D eigenvalue weighted by molar-refractivity contribution is 9.10. The van der Waals surface area contributed by atoms with E-state index >= 15 is 0 Å². The van der Waals surface area contributed by atoms with E-state index in [0.29, 0.717) is 0 Å². The maximum atomic E-state index is 7.39. The monoisotopic (exact) mass is 320 g/mol. The molecule has 0 aromatic heterocycles. The summed E-state index contributed by atoms with van der Waals surface area (Å²) in [6.07, 6.45) is 0. The van der Waals surface area contributed by atoms with E-state index in [2.05, 4.69) is 28.1 Å². The molecule has 2 aromatic carbocycles. The Morgan fingerprint density at radius 3 is 2.50 bits per heavy atom. The number of rotatable bonds is 4. The highest BCUT2D eigenvalue weighted by atomic mass is 79.9. The Labute approximate surface area is 119 Å². The number of amidine groups is 1. The molecular weight excluding hydrogens is 308 g/mol. The molecule has 2 rings (SSSR count). The fourth-order valence-corrected chi connectivity index (χ4v) is 3.12. The van der Waals surface area contributed by atoms with Gasteiger partial charge in [-0.15, -0.1) is 11.8 Å². The summed E-state index contributed by atoms with van der Waals surface area (Å²) in [4.78, 5) is 1.16. The SMILES string of the molecule is N=C(N)c1ccc(SCc2ccccc2)c(Br)c1. The maximum absolute atomic E-state index is 7.39. The first-order valence-electron chi connectivity index (χ1n) is 5.47. The van der Waals surface area contributed by atoms with Crippen molar-refractivity contribution in [2.24, 2.45) is 5.73 Å². The molecule has 2 aromatic rings. The number of nitrogen functional groups attached to an aromatic ring is 1. The Morgan fingerprint density at radius 2 is 1.89 bits per heavy atom. The molecule has 0 fully saturated rings. The molecule has 0 heterocycles. The minimum atomic E-state index is 0.0929. The smallest absolute Gasteiger partial charge is 0.122 e. The lowest BCUT2D eigenvalue weighted by atomic mass is 10.2. The Balaban J connectivity index is 2.08. The van der Waals surface area contributed by atoms with Crippen LogP contribution >= 0.6 is 27.7 Å². The van der Waals surface area contributed by atoms with Crippen molar-refractivity contribution in [3.8, 4) is 0 Å². The lowest BCUT2D eigenvalue weighted by Crippen LogP contribution is -2.10. The molecule has 0 amide bonds. The molecule has 0 radical (unpaired) electrons. The van der Waals surface area contributed by atoms with Crippen LogP contribution in [0.3, 0.4) is 0 Å². The molecule has 0 aliphatic carbocycles. The zero-order valence-corrected chi connectivity index (χ0v) is 12.1. The van der Waals surface area contributed by atoms with Crippen molar-refractivity contribution in [3.63, 3.8) is 0 Å². The van der Waals surface area contributed by atoms with E-state index in [1.807, 2.05) is 36.4 Å². The van der Waals surface area contributed by atoms with E-state index in [-0.39, 0.29) is 5.84 Å². The molecule has 2 nitrogen and oxygen atoms in total. The summed E-state index contributed by atoms with van der Waals surface area (Å²) in [5, 5.41) is 7.39. The molecule has 4 heteroatoms. The van der Waals surface area contributed by atoms with Gasteiger partial charge < -0.3 is 5.73 Å². The van der Waals surface area contributed by atoms with Crippen LogP contribution < -0.4 is 5.73 Å². The Morgan fingerprint density at radius 1 is 1.17 bits per heavy atom. The van der Waals surface area contributed by atoms with Gasteiger partial charge in [0.1, 0.15) is 5.84 Å². The van der Waals surface area contributed by atoms with Crippen molar-refractivity contribution in [3.05, 3.63) is 64.1 Å². The summed E-state index contributed by atoms with van der Waals surface area (Å²) in [5.41, 5.74) is 7.49. The number of hydrogen-bond acceptors (Lipinski definition) is 2. The second-order valence-corrected chi connectivity index (χ2v) is 5.70. The molecule has 0 spiro atoms. The largest absolute Gasteiger partial charge is 0.384 e. The van der Waals surface area contributed by atoms with E-state index in [4.69, 9.17) is 11.1 Å². The number of nitrogens with two attached hydrogens (primary N) is 1. The van der Waals surface area contributed by atoms with Gasteiger partial charge in [0.05, 0.1) is 0 Å². The Kier molecular flexibility index (Phi) is 4.44. The van der Waals surface area contributed by atoms with E-state index < -0.39 is 0 Å². The van der Waals surface area contributed by atoms with Gasteiger partial charge in [-0.3, -0.25) is 5.41 Å². The second-order valence-electron chi connectivity index (χ2n) is 3.83. The number of benzene rings is 2. The van der Waals surface area contributed by atoms with Gasteiger partial charge >= 0.3 is 0 Å². The number of thioether (sulfide) groups is 1. The van der Waals surface area contributed by atoms with Crippen LogP contribution in [0.2, 0.25) is 0 Å². The number of halogens is 1. The maximum Gasteiger partial charge on any atom is 0.122 e. The summed E-state index contributed by atoms with van der Waals surface area (Å²) < 4.78 is 0.983. The summed E-state index contributed by atoms with van der Waals surface area (Å²) in [6.45, 7) is 0. The normalized spacial score (nSPS) is 10.3. The van der Waals surface area contributed by atoms with Gasteiger partial charge in [-0.05, 0) is 33.6 Å². The third-order valence-corrected chi connectivity index (χ3v) is 4.54. The van der Waals surface area contributed by atoms with Crippen molar-refractivity contribution < 1.29 is 0 Å².